The summed E-state index contributed by atoms with van der Waals surface area (Å²) in [6.07, 6.45) is 4.30. The molecular weight excluding hydrogens is 160 g/mol. The van der Waals surface area contributed by atoms with Crippen LogP contribution in [0.2, 0.25) is 0 Å². The normalized spacial score (nSPS) is 39.7. The molecular formula is C11H22N2. The molecule has 2 aliphatic rings. The van der Waals surface area contributed by atoms with Crippen molar-refractivity contribution in [3.8, 4) is 0 Å². The van der Waals surface area contributed by atoms with Crippen LogP contribution in [0.25, 0.3) is 0 Å². The smallest absolute Gasteiger partial charge is 0.00785 e. The van der Waals surface area contributed by atoms with Crippen molar-refractivity contribution in [1.82, 2.24) is 10.2 Å². The number of hydrogen-bond donors (Lipinski definition) is 1. The van der Waals surface area contributed by atoms with E-state index in [0.717, 1.165) is 18.0 Å². The molecule has 2 heteroatoms. The van der Waals surface area contributed by atoms with Crippen LogP contribution in [-0.4, -0.2) is 37.1 Å². The van der Waals surface area contributed by atoms with Gasteiger partial charge in [-0.25, -0.2) is 0 Å². The third kappa shape index (κ3) is 1.75. The van der Waals surface area contributed by atoms with E-state index in [1.807, 2.05) is 0 Å². The summed E-state index contributed by atoms with van der Waals surface area (Å²) in [7, 11) is 0. The zero-order valence-electron chi connectivity index (χ0n) is 8.97. The lowest BCUT2D eigenvalue weighted by Gasteiger charge is -2.45. The summed E-state index contributed by atoms with van der Waals surface area (Å²) in [5.74, 6) is 0. The van der Waals surface area contributed by atoms with Crippen LogP contribution in [0, 0.1) is 5.41 Å². The van der Waals surface area contributed by atoms with Crippen LogP contribution >= 0.6 is 0 Å². The highest BCUT2D eigenvalue weighted by molar-refractivity contribution is 5.02. The Morgan fingerprint density at radius 1 is 1.38 bits per heavy atom. The topological polar surface area (TPSA) is 15.3 Å². The van der Waals surface area contributed by atoms with E-state index in [0.29, 0.717) is 0 Å². The van der Waals surface area contributed by atoms with Gasteiger partial charge in [0.25, 0.3) is 0 Å². The van der Waals surface area contributed by atoms with Crippen molar-refractivity contribution < 1.29 is 0 Å². The Balaban J connectivity index is 1.78. The lowest BCUT2D eigenvalue weighted by atomic mass is 9.65. The highest BCUT2D eigenvalue weighted by Gasteiger charge is 2.47. The third-order valence-electron chi connectivity index (χ3n) is 3.82. The molecule has 1 spiro atoms. The Bertz CT molecular complexity index is 173. The van der Waals surface area contributed by atoms with Gasteiger partial charge in [-0.05, 0) is 44.3 Å². The first-order valence-electron chi connectivity index (χ1n) is 5.74. The fourth-order valence-corrected chi connectivity index (χ4v) is 3.05. The number of nitrogens with zero attached hydrogens (tertiary/aromatic N) is 1. The second-order valence-corrected chi connectivity index (χ2v) is 4.78. The molecule has 0 radical (unpaired) electrons. The minimum Gasteiger partial charge on any atom is -0.314 e. The molecule has 1 saturated carbocycles. The first kappa shape index (κ1) is 9.47. The molecule has 0 aromatic rings. The second-order valence-electron chi connectivity index (χ2n) is 4.78. The summed E-state index contributed by atoms with van der Waals surface area (Å²) in [4.78, 5) is 2.60. The van der Waals surface area contributed by atoms with E-state index in [1.165, 1.54) is 38.9 Å². The third-order valence-corrected chi connectivity index (χ3v) is 3.82. The maximum Gasteiger partial charge on any atom is 0.00785 e. The van der Waals surface area contributed by atoms with E-state index in [9.17, 15) is 0 Å². The molecule has 0 amide bonds. The van der Waals surface area contributed by atoms with E-state index >= 15 is 0 Å². The lowest BCUT2D eigenvalue weighted by Crippen LogP contribution is -2.50. The average molecular weight is 182 g/mol. The van der Waals surface area contributed by atoms with Crippen LogP contribution in [0.15, 0.2) is 0 Å². The van der Waals surface area contributed by atoms with Crippen LogP contribution in [0.4, 0.5) is 0 Å². The monoisotopic (exact) mass is 182 g/mol. The first-order chi connectivity index (χ1) is 6.28. The number of likely N-dealkylation sites (tertiary alicyclic amines) is 1. The summed E-state index contributed by atoms with van der Waals surface area (Å²) < 4.78 is 0. The Kier molecular flexibility index (Phi) is 2.61. The molecule has 0 unspecified atom stereocenters. The van der Waals surface area contributed by atoms with Gasteiger partial charge >= 0.3 is 0 Å². The van der Waals surface area contributed by atoms with Gasteiger partial charge < -0.3 is 10.2 Å². The predicted molar refractivity (Wildman–Crippen MR) is 55.9 cm³/mol. The molecule has 0 atom stereocenters. The summed E-state index contributed by atoms with van der Waals surface area (Å²) in [5, 5.41) is 3.55. The Morgan fingerprint density at radius 2 is 2.15 bits per heavy atom. The van der Waals surface area contributed by atoms with Crippen molar-refractivity contribution in [2.24, 2.45) is 5.41 Å². The van der Waals surface area contributed by atoms with Crippen molar-refractivity contribution >= 4 is 0 Å². The van der Waals surface area contributed by atoms with Gasteiger partial charge in [-0.15, -0.1) is 0 Å². The summed E-state index contributed by atoms with van der Waals surface area (Å²) >= 11 is 0. The lowest BCUT2D eigenvalue weighted by molar-refractivity contribution is 0.0917. The van der Waals surface area contributed by atoms with Crippen molar-refractivity contribution in [3.05, 3.63) is 0 Å². The van der Waals surface area contributed by atoms with Crippen molar-refractivity contribution in [3.63, 3.8) is 0 Å². The van der Waals surface area contributed by atoms with Crippen LogP contribution in [0.5, 0.6) is 0 Å². The molecule has 1 N–H and O–H groups in total. The van der Waals surface area contributed by atoms with Crippen molar-refractivity contribution in [2.45, 2.75) is 39.2 Å². The molecule has 13 heavy (non-hydrogen) atoms. The van der Waals surface area contributed by atoms with Gasteiger partial charge in [-0.2, -0.15) is 0 Å². The average Bonchev–Trinajstić information content (AvgIpc) is 2.48. The maximum absolute atomic E-state index is 3.55. The van der Waals surface area contributed by atoms with E-state index < -0.39 is 0 Å². The minimum absolute atomic E-state index is 0.725. The fraction of sp³-hybridized carbons (Fsp3) is 1.00. The molecule has 2 rings (SSSR count). The SMILES string of the molecule is CCNC1CC2(CCN(CC)C2)C1. The Hall–Kier alpha value is -0.0800. The fourth-order valence-electron chi connectivity index (χ4n) is 3.05. The summed E-state index contributed by atoms with van der Waals surface area (Å²) in [6, 6.07) is 0.835. The zero-order valence-corrected chi connectivity index (χ0v) is 8.97. The van der Waals surface area contributed by atoms with Crippen molar-refractivity contribution in [2.75, 3.05) is 26.2 Å². The van der Waals surface area contributed by atoms with Crippen LogP contribution in [-0.2, 0) is 0 Å². The van der Waals surface area contributed by atoms with Gasteiger partial charge in [0.15, 0.2) is 0 Å². The van der Waals surface area contributed by atoms with E-state index in [-0.39, 0.29) is 0 Å². The molecule has 0 bridgehead atoms. The van der Waals surface area contributed by atoms with E-state index in [4.69, 9.17) is 0 Å². The van der Waals surface area contributed by atoms with Gasteiger partial charge in [-0.1, -0.05) is 13.8 Å². The van der Waals surface area contributed by atoms with Crippen LogP contribution < -0.4 is 5.32 Å². The van der Waals surface area contributed by atoms with Gasteiger partial charge in [0.2, 0.25) is 0 Å². The molecule has 0 aromatic heterocycles. The van der Waals surface area contributed by atoms with E-state index in [2.05, 4.69) is 24.1 Å². The van der Waals surface area contributed by atoms with Gasteiger partial charge in [0.1, 0.15) is 0 Å². The molecule has 1 heterocycles. The number of nitrogens with one attached hydrogen (secondary N) is 1. The van der Waals surface area contributed by atoms with Crippen molar-refractivity contribution in [1.29, 1.82) is 0 Å². The first-order valence-corrected chi connectivity index (χ1v) is 5.74. The molecule has 2 fully saturated rings. The molecule has 2 nitrogen and oxygen atoms in total. The molecule has 1 aliphatic carbocycles. The number of rotatable bonds is 3. The predicted octanol–water partition coefficient (Wildman–Crippen LogP) is 1.47. The molecule has 1 aliphatic heterocycles. The molecule has 1 saturated heterocycles. The van der Waals surface area contributed by atoms with Gasteiger partial charge in [-0.3, -0.25) is 0 Å². The molecule has 76 valence electrons. The van der Waals surface area contributed by atoms with Crippen LogP contribution in [0.3, 0.4) is 0 Å². The largest absolute Gasteiger partial charge is 0.314 e. The van der Waals surface area contributed by atoms with Gasteiger partial charge in [0.05, 0.1) is 0 Å². The highest BCUT2D eigenvalue weighted by Crippen LogP contribution is 2.47. The zero-order chi connectivity index (χ0) is 9.31. The minimum atomic E-state index is 0.725. The summed E-state index contributed by atoms with van der Waals surface area (Å²) in [5.41, 5.74) is 0.725. The Labute approximate surface area is 81.7 Å². The Morgan fingerprint density at radius 3 is 2.69 bits per heavy atom. The van der Waals surface area contributed by atoms with E-state index in [1.54, 1.807) is 0 Å². The highest BCUT2D eigenvalue weighted by atomic mass is 15.2. The quantitative estimate of drug-likeness (QED) is 0.711. The number of hydrogen-bond acceptors (Lipinski definition) is 2. The van der Waals surface area contributed by atoms with Crippen LogP contribution in [0.1, 0.15) is 33.1 Å². The summed E-state index contributed by atoms with van der Waals surface area (Å²) in [6.45, 7) is 9.57. The standard InChI is InChI=1S/C11H22N2/c1-3-12-10-7-11(8-10)5-6-13(4-2)9-11/h10,12H,3-9H2,1-2H3. The second kappa shape index (κ2) is 3.58. The molecule has 0 aromatic carbocycles. The maximum atomic E-state index is 3.55. The van der Waals surface area contributed by atoms with Gasteiger partial charge in [0, 0.05) is 12.6 Å².